The number of aldehydes is 1. The number of rotatable bonds is 3. The topological polar surface area (TPSA) is 37.3 Å². The Labute approximate surface area is 55.2 Å². The molecule has 0 aromatic carbocycles. The van der Waals surface area contributed by atoms with Gasteiger partial charge in [-0.3, -0.25) is 4.79 Å². The molecule has 0 heterocycles. The lowest BCUT2D eigenvalue weighted by molar-refractivity contribution is -0.105. The molecule has 0 aliphatic heterocycles. The Hall–Kier alpha value is -0.630. The maximum Gasteiger partial charge on any atom is 0.145 e. The lowest BCUT2D eigenvalue weighted by Crippen LogP contribution is -1.96. The quantitative estimate of drug-likeness (QED) is 0.453. The van der Waals surface area contributed by atoms with Crippen LogP contribution in [0.2, 0.25) is 0 Å². The number of aliphatic hydroxyl groups is 1. The van der Waals surface area contributed by atoms with E-state index in [4.69, 9.17) is 5.11 Å². The van der Waals surface area contributed by atoms with Crippen LogP contribution in [0.1, 0.15) is 20.3 Å². The van der Waals surface area contributed by atoms with Gasteiger partial charge in [0.15, 0.2) is 0 Å². The Kier molecular flexibility index (Phi) is 3.97. The van der Waals surface area contributed by atoms with Gasteiger partial charge in [0.1, 0.15) is 6.29 Å². The third kappa shape index (κ3) is 3.91. The van der Waals surface area contributed by atoms with Gasteiger partial charge < -0.3 is 5.11 Å². The Morgan fingerprint density at radius 2 is 2.33 bits per heavy atom. The van der Waals surface area contributed by atoms with Crippen molar-refractivity contribution in [2.75, 3.05) is 0 Å². The molecule has 2 nitrogen and oxygen atoms in total. The van der Waals surface area contributed by atoms with Crippen molar-refractivity contribution in [1.29, 1.82) is 0 Å². The molecule has 1 unspecified atom stereocenters. The molecular weight excluding hydrogens is 116 g/mol. The predicted octanol–water partition coefficient (Wildman–Crippen LogP) is 0.903. The average molecular weight is 128 g/mol. The van der Waals surface area contributed by atoms with E-state index in [-0.39, 0.29) is 0 Å². The van der Waals surface area contributed by atoms with E-state index in [1.807, 2.05) is 6.92 Å². The summed E-state index contributed by atoms with van der Waals surface area (Å²) in [5.74, 6) is 0. The molecule has 0 rings (SSSR count). The van der Waals surface area contributed by atoms with Crippen molar-refractivity contribution in [2.45, 2.75) is 26.4 Å². The van der Waals surface area contributed by atoms with E-state index in [2.05, 4.69) is 0 Å². The van der Waals surface area contributed by atoms with Gasteiger partial charge in [0.2, 0.25) is 0 Å². The summed E-state index contributed by atoms with van der Waals surface area (Å²) in [7, 11) is 0. The summed E-state index contributed by atoms with van der Waals surface area (Å²) >= 11 is 0. The van der Waals surface area contributed by atoms with E-state index in [0.717, 1.165) is 6.29 Å². The van der Waals surface area contributed by atoms with Crippen LogP contribution >= 0.6 is 0 Å². The van der Waals surface area contributed by atoms with Gasteiger partial charge in [0.25, 0.3) is 0 Å². The molecule has 0 aromatic heterocycles. The first-order valence-corrected chi connectivity index (χ1v) is 3.04. The second-order valence-corrected chi connectivity index (χ2v) is 1.95. The molecule has 52 valence electrons. The summed E-state index contributed by atoms with van der Waals surface area (Å²) in [6.45, 7) is 3.50. The number of carbonyl (C=O) groups is 1. The molecule has 0 saturated heterocycles. The lowest BCUT2D eigenvalue weighted by Gasteiger charge is -1.95. The van der Waals surface area contributed by atoms with Gasteiger partial charge >= 0.3 is 0 Å². The molecule has 9 heavy (non-hydrogen) atoms. The van der Waals surface area contributed by atoms with Crippen molar-refractivity contribution in [3.8, 4) is 0 Å². The van der Waals surface area contributed by atoms with Crippen molar-refractivity contribution in [3.05, 3.63) is 11.6 Å². The zero-order chi connectivity index (χ0) is 7.28. The highest BCUT2D eigenvalue weighted by atomic mass is 16.3. The van der Waals surface area contributed by atoms with Gasteiger partial charge in [-0.2, -0.15) is 0 Å². The fraction of sp³-hybridized carbons (Fsp3) is 0.571. The van der Waals surface area contributed by atoms with Crippen LogP contribution < -0.4 is 0 Å². The van der Waals surface area contributed by atoms with Crippen LogP contribution in [0.3, 0.4) is 0 Å². The van der Waals surface area contributed by atoms with Crippen LogP contribution in [0.25, 0.3) is 0 Å². The molecule has 1 N–H and O–H groups in total. The first-order chi connectivity index (χ1) is 4.20. The highest BCUT2D eigenvalue weighted by molar-refractivity contribution is 5.72. The van der Waals surface area contributed by atoms with Crippen molar-refractivity contribution >= 4 is 6.29 Å². The molecular formula is C7H12O2. The number of allylic oxidation sites excluding steroid dienone is 1. The van der Waals surface area contributed by atoms with Crippen LogP contribution in [0.4, 0.5) is 0 Å². The minimum atomic E-state index is -0.509. The van der Waals surface area contributed by atoms with E-state index < -0.39 is 6.10 Å². The van der Waals surface area contributed by atoms with Gasteiger partial charge in [-0.25, -0.2) is 0 Å². The van der Waals surface area contributed by atoms with Gasteiger partial charge in [0.05, 0.1) is 6.10 Å². The standard InChI is InChI=1S/C7H12O2/c1-3-7(5-8)4-6(2)9/h4-6,9H,3H2,1-2H3. The minimum absolute atomic E-state index is 0.509. The first kappa shape index (κ1) is 8.37. The van der Waals surface area contributed by atoms with Crippen molar-refractivity contribution in [1.82, 2.24) is 0 Å². The first-order valence-electron chi connectivity index (χ1n) is 3.04. The molecule has 0 aromatic rings. The molecule has 0 amide bonds. The van der Waals surface area contributed by atoms with Crippen LogP contribution in [0, 0.1) is 0 Å². The molecule has 0 bridgehead atoms. The fourth-order valence-electron chi connectivity index (χ4n) is 0.550. The highest BCUT2D eigenvalue weighted by Crippen LogP contribution is 1.97. The van der Waals surface area contributed by atoms with Gasteiger partial charge in [-0.15, -0.1) is 0 Å². The maximum atomic E-state index is 10.1. The normalized spacial score (nSPS) is 15.2. The molecule has 1 atom stereocenters. The summed E-state index contributed by atoms with van der Waals surface area (Å²) in [6.07, 6.45) is 2.50. The van der Waals surface area contributed by atoms with Crippen molar-refractivity contribution in [3.63, 3.8) is 0 Å². The second-order valence-electron chi connectivity index (χ2n) is 1.95. The summed E-state index contributed by atoms with van der Waals surface area (Å²) in [6, 6.07) is 0. The molecule has 0 fully saturated rings. The Morgan fingerprint density at radius 3 is 2.44 bits per heavy atom. The zero-order valence-corrected chi connectivity index (χ0v) is 5.79. The van der Waals surface area contributed by atoms with Crippen LogP contribution in [-0.2, 0) is 4.79 Å². The maximum absolute atomic E-state index is 10.1. The van der Waals surface area contributed by atoms with Gasteiger partial charge in [-0.05, 0) is 18.9 Å². The van der Waals surface area contributed by atoms with Crippen LogP contribution in [0.5, 0.6) is 0 Å². The lowest BCUT2D eigenvalue weighted by atomic mass is 10.2. The minimum Gasteiger partial charge on any atom is -0.389 e. The summed E-state index contributed by atoms with van der Waals surface area (Å²) < 4.78 is 0. The number of hydrogen-bond acceptors (Lipinski definition) is 2. The number of aliphatic hydroxyl groups excluding tert-OH is 1. The molecule has 0 aliphatic rings. The van der Waals surface area contributed by atoms with E-state index >= 15 is 0 Å². The monoisotopic (exact) mass is 128 g/mol. The summed E-state index contributed by atoms with van der Waals surface area (Å²) in [5.41, 5.74) is 0.657. The third-order valence-electron chi connectivity index (χ3n) is 1.01. The Balaban J connectivity index is 3.90. The van der Waals surface area contributed by atoms with E-state index in [1.165, 1.54) is 0 Å². The van der Waals surface area contributed by atoms with Crippen molar-refractivity contribution < 1.29 is 9.90 Å². The van der Waals surface area contributed by atoms with Crippen LogP contribution in [0.15, 0.2) is 11.6 Å². The number of hydrogen-bond donors (Lipinski definition) is 1. The number of carbonyl (C=O) groups excluding carboxylic acids is 1. The molecule has 0 aliphatic carbocycles. The van der Waals surface area contributed by atoms with E-state index in [0.29, 0.717) is 12.0 Å². The third-order valence-corrected chi connectivity index (χ3v) is 1.01. The molecule has 0 saturated carbocycles. The van der Waals surface area contributed by atoms with Gasteiger partial charge in [0, 0.05) is 0 Å². The average Bonchev–Trinajstić information content (AvgIpc) is 1.82. The van der Waals surface area contributed by atoms with Gasteiger partial charge in [-0.1, -0.05) is 13.0 Å². The molecule has 2 heteroatoms. The van der Waals surface area contributed by atoms with E-state index in [9.17, 15) is 4.79 Å². The SMILES string of the molecule is CCC(C=O)=CC(C)O. The summed E-state index contributed by atoms with van der Waals surface area (Å²) in [5, 5.41) is 8.75. The fourth-order valence-corrected chi connectivity index (χ4v) is 0.550. The largest absolute Gasteiger partial charge is 0.389 e. The predicted molar refractivity (Wildman–Crippen MR) is 36.1 cm³/mol. The second kappa shape index (κ2) is 4.27. The van der Waals surface area contributed by atoms with Crippen molar-refractivity contribution in [2.24, 2.45) is 0 Å². The van der Waals surface area contributed by atoms with E-state index in [1.54, 1.807) is 13.0 Å². The molecule has 0 radical (unpaired) electrons. The Bertz CT molecular complexity index is 114. The molecule has 0 spiro atoms. The highest BCUT2D eigenvalue weighted by Gasteiger charge is 1.92. The smallest absolute Gasteiger partial charge is 0.145 e. The van der Waals surface area contributed by atoms with Crippen LogP contribution in [-0.4, -0.2) is 17.5 Å². The summed E-state index contributed by atoms with van der Waals surface area (Å²) in [4.78, 5) is 10.1. The Morgan fingerprint density at radius 1 is 1.78 bits per heavy atom. The zero-order valence-electron chi connectivity index (χ0n) is 5.79.